The Morgan fingerprint density at radius 3 is 2.94 bits per heavy atom. The van der Waals surface area contributed by atoms with Gasteiger partial charge in [0, 0.05) is 18.1 Å². The Bertz CT molecular complexity index is 441. The fourth-order valence-electron chi connectivity index (χ4n) is 2.64. The topological polar surface area (TPSA) is 82.8 Å². The molecule has 6 nitrogen and oxygen atoms in total. The predicted octanol–water partition coefficient (Wildman–Crippen LogP) is -1.01. The molecule has 4 saturated heterocycles. The van der Waals surface area contributed by atoms with E-state index in [9.17, 15) is 9.59 Å². The van der Waals surface area contributed by atoms with Crippen LogP contribution in [0.5, 0.6) is 0 Å². The maximum Gasteiger partial charge on any atom is 0.321 e. The van der Waals surface area contributed by atoms with Gasteiger partial charge in [0.15, 0.2) is 4.33 Å². The zero-order valence-corrected chi connectivity index (χ0v) is 10.5. The highest BCUT2D eigenvalue weighted by molar-refractivity contribution is 8.18. The van der Waals surface area contributed by atoms with E-state index in [0.717, 1.165) is 12.3 Å². The predicted molar refractivity (Wildman–Crippen MR) is 63.4 cm³/mol. The van der Waals surface area contributed by atoms with Crippen LogP contribution in [-0.4, -0.2) is 67.4 Å². The van der Waals surface area contributed by atoms with E-state index >= 15 is 0 Å². The number of nitrogens with one attached hydrogen (secondary N) is 1. The minimum atomic E-state index is -0.785. The number of aliphatic carboxylic acids is 1. The highest BCUT2D eigenvalue weighted by Gasteiger charge is 2.71. The van der Waals surface area contributed by atoms with Crippen molar-refractivity contribution >= 4 is 35.4 Å². The number of nitrogens with zero attached hydrogens (tertiary/aromatic N) is 2. The molecule has 1 amide bonds. The van der Waals surface area contributed by atoms with Crippen LogP contribution in [0.4, 0.5) is 0 Å². The first-order valence-electron chi connectivity index (χ1n) is 5.44. The molecule has 0 aromatic rings. The Hall–Kier alpha value is -0.440. The average Bonchev–Trinajstić information content (AvgIpc) is 2.99. The Labute approximate surface area is 106 Å². The summed E-state index contributed by atoms with van der Waals surface area (Å²) in [6, 6.07) is -0.447. The zero-order chi connectivity index (χ0) is 11.8. The highest BCUT2D eigenvalue weighted by atomic mass is 32.2. The van der Waals surface area contributed by atoms with E-state index < -0.39 is 16.3 Å². The van der Waals surface area contributed by atoms with Crippen molar-refractivity contribution < 1.29 is 14.7 Å². The molecule has 0 aromatic heterocycles. The summed E-state index contributed by atoms with van der Waals surface area (Å²) in [6.07, 6.45) is 0. The van der Waals surface area contributed by atoms with Crippen molar-refractivity contribution in [1.82, 2.24) is 15.1 Å². The summed E-state index contributed by atoms with van der Waals surface area (Å²) in [5, 5.41) is 12.3. The highest BCUT2D eigenvalue weighted by Crippen LogP contribution is 2.60. The van der Waals surface area contributed by atoms with Crippen LogP contribution in [0, 0.1) is 0 Å². The Morgan fingerprint density at radius 1 is 1.53 bits per heavy atom. The van der Waals surface area contributed by atoms with Crippen molar-refractivity contribution in [3.05, 3.63) is 0 Å². The molecule has 3 unspecified atom stereocenters. The van der Waals surface area contributed by atoms with Gasteiger partial charge in [0.25, 0.3) is 0 Å². The van der Waals surface area contributed by atoms with Crippen LogP contribution in [-0.2, 0) is 9.59 Å². The third-order valence-corrected chi connectivity index (χ3v) is 7.34. The lowest BCUT2D eigenvalue weighted by Gasteiger charge is -2.59. The second-order valence-corrected chi connectivity index (χ2v) is 7.38. The van der Waals surface area contributed by atoms with Crippen molar-refractivity contribution in [2.45, 2.75) is 15.9 Å². The van der Waals surface area contributed by atoms with Gasteiger partial charge in [0.05, 0.1) is 6.67 Å². The third kappa shape index (κ3) is 1.08. The fraction of sp³-hybridized carbons (Fsp3) is 0.778. The van der Waals surface area contributed by atoms with Gasteiger partial charge in [-0.3, -0.25) is 19.8 Å². The first-order chi connectivity index (χ1) is 8.09. The van der Waals surface area contributed by atoms with Crippen molar-refractivity contribution in [3.8, 4) is 0 Å². The van der Waals surface area contributed by atoms with Gasteiger partial charge in [0.1, 0.15) is 11.6 Å². The molecule has 0 bridgehead atoms. The molecule has 8 heteroatoms. The number of carbonyl (C=O) groups excluding carboxylic acids is 1. The largest absolute Gasteiger partial charge is 0.480 e. The SMILES string of the molecule is O=C(O)C1CSC23SCC4(CN4)C(=O)N2CN13. The molecular formula is C9H11N3O3S2. The summed E-state index contributed by atoms with van der Waals surface area (Å²) < 4.78 is -0.421. The Balaban J connectivity index is 1.64. The maximum absolute atomic E-state index is 12.2. The van der Waals surface area contributed by atoms with Crippen LogP contribution >= 0.6 is 23.5 Å². The van der Waals surface area contributed by atoms with E-state index in [1.54, 1.807) is 23.5 Å². The first-order valence-corrected chi connectivity index (χ1v) is 7.41. The molecule has 4 aliphatic rings. The normalized spacial score (nSPS) is 47.6. The first kappa shape index (κ1) is 10.5. The number of rotatable bonds is 1. The number of amides is 1. The summed E-state index contributed by atoms with van der Waals surface area (Å²) in [4.78, 5) is 27.1. The van der Waals surface area contributed by atoms with Gasteiger partial charge in [-0.25, -0.2) is 4.90 Å². The second-order valence-electron chi connectivity index (χ2n) is 4.78. The van der Waals surface area contributed by atoms with Gasteiger partial charge in [0.2, 0.25) is 5.91 Å². The lowest BCUT2D eigenvalue weighted by molar-refractivity contribution is -0.170. The van der Waals surface area contributed by atoms with E-state index in [-0.39, 0.29) is 11.4 Å². The second kappa shape index (κ2) is 2.93. The molecule has 4 fully saturated rings. The molecule has 0 aliphatic carbocycles. The van der Waals surface area contributed by atoms with Crippen LogP contribution in [0.15, 0.2) is 0 Å². The van der Waals surface area contributed by atoms with E-state index in [2.05, 4.69) is 5.32 Å². The van der Waals surface area contributed by atoms with Crippen molar-refractivity contribution in [3.63, 3.8) is 0 Å². The molecule has 2 N–H and O–H groups in total. The molecular weight excluding hydrogens is 262 g/mol. The van der Waals surface area contributed by atoms with Crippen LogP contribution in [0.2, 0.25) is 0 Å². The van der Waals surface area contributed by atoms with Gasteiger partial charge in [-0.2, -0.15) is 0 Å². The number of hydrogen-bond donors (Lipinski definition) is 2. The molecule has 4 aliphatic heterocycles. The van der Waals surface area contributed by atoms with Crippen LogP contribution < -0.4 is 5.32 Å². The third-order valence-electron chi connectivity index (χ3n) is 3.85. The van der Waals surface area contributed by atoms with Crippen molar-refractivity contribution in [1.29, 1.82) is 0 Å². The van der Waals surface area contributed by atoms with Crippen LogP contribution in [0.25, 0.3) is 0 Å². The summed E-state index contributed by atoms with van der Waals surface area (Å²) >= 11 is 3.27. The molecule has 2 spiro atoms. The van der Waals surface area contributed by atoms with Crippen molar-refractivity contribution in [2.24, 2.45) is 0 Å². The summed E-state index contributed by atoms with van der Waals surface area (Å²) in [7, 11) is 0. The van der Waals surface area contributed by atoms with Gasteiger partial charge >= 0.3 is 5.97 Å². The van der Waals surface area contributed by atoms with E-state index in [0.29, 0.717) is 12.4 Å². The van der Waals surface area contributed by atoms with E-state index in [4.69, 9.17) is 5.11 Å². The lowest BCUT2D eigenvalue weighted by Crippen LogP contribution is -2.76. The lowest BCUT2D eigenvalue weighted by atomic mass is 10.1. The number of hydrogen-bond acceptors (Lipinski definition) is 6. The maximum atomic E-state index is 12.2. The standard InChI is InChI=1S/C9H11N3O3S2/c13-6(14)5-1-16-9-11(5)4-12(9)7(15)8(2-10-8)3-17-9/h5,10H,1-4H2,(H,13,14). The van der Waals surface area contributed by atoms with E-state index in [1.165, 1.54) is 0 Å². The molecule has 4 heterocycles. The molecule has 92 valence electrons. The summed E-state index contributed by atoms with van der Waals surface area (Å²) in [5.74, 6) is 0.669. The zero-order valence-electron chi connectivity index (χ0n) is 8.88. The van der Waals surface area contributed by atoms with Gasteiger partial charge in [-0.1, -0.05) is 0 Å². The quantitative estimate of drug-likeness (QED) is 0.592. The van der Waals surface area contributed by atoms with Crippen molar-refractivity contribution in [2.75, 3.05) is 24.7 Å². The molecule has 4 rings (SSSR count). The number of carboxylic acids is 1. The van der Waals surface area contributed by atoms with Gasteiger partial charge in [-0.05, 0) is 0 Å². The summed E-state index contributed by atoms with van der Waals surface area (Å²) in [6.45, 7) is 1.22. The van der Waals surface area contributed by atoms with Crippen LogP contribution in [0.3, 0.4) is 0 Å². The molecule has 0 aromatic carbocycles. The van der Waals surface area contributed by atoms with Crippen LogP contribution in [0.1, 0.15) is 0 Å². The number of carboxylic acid groups (broad SMARTS) is 1. The minimum Gasteiger partial charge on any atom is -0.480 e. The van der Waals surface area contributed by atoms with Gasteiger partial charge < -0.3 is 5.11 Å². The molecule has 0 radical (unpaired) electrons. The molecule has 0 saturated carbocycles. The fourth-order valence-corrected chi connectivity index (χ4v) is 6.11. The minimum absolute atomic E-state index is 0.144. The number of carbonyl (C=O) groups is 2. The molecule has 3 atom stereocenters. The summed E-state index contributed by atoms with van der Waals surface area (Å²) in [5.41, 5.74) is -0.329. The average molecular weight is 273 g/mol. The van der Waals surface area contributed by atoms with Gasteiger partial charge in [-0.15, -0.1) is 23.5 Å². The Kier molecular flexibility index (Phi) is 1.81. The monoisotopic (exact) mass is 273 g/mol. The van der Waals surface area contributed by atoms with E-state index in [1.807, 2.05) is 9.80 Å². The molecule has 17 heavy (non-hydrogen) atoms. The Morgan fingerprint density at radius 2 is 2.29 bits per heavy atom. The number of thioether (sulfide) groups is 2. The smallest absolute Gasteiger partial charge is 0.321 e.